The van der Waals surface area contributed by atoms with E-state index >= 15 is 0 Å². The summed E-state index contributed by atoms with van der Waals surface area (Å²) in [6.45, 7) is 5.32. The molecule has 0 fully saturated rings. The molecule has 1 unspecified atom stereocenters. The zero-order valence-corrected chi connectivity index (χ0v) is 19.6. The highest BCUT2D eigenvalue weighted by atomic mass is 32.2. The van der Waals surface area contributed by atoms with E-state index in [0.717, 1.165) is 15.8 Å². The highest BCUT2D eigenvalue weighted by molar-refractivity contribution is 7.99. The van der Waals surface area contributed by atoms with Crippen LogP contribution in [0.15, 0.2) is 45.7 Å². The van der Waals surface area contributed by atoms with Crippen molar-refractivity contribution in [2.45, 2.75) is 37.6 Å². The Morgan fingerprint density at radius 1 is 1.25 bits per heavy atom. The fourth-order valence-electron chi connectivity index (χ4n) is 4.01. The summed E-state index contributed by atoms with van der Waals surface area (Å²) in [7, 11) is 1.49. The molecule has 7 nitrogen and oxygen atoms in total. The topological polar surface area (TPSA) is 115 Å². The number of hydrogen-bond acceptors (Lipinski definition) is 6. The first-order chi connectivity index (χ1) is 15.1. The van der Waals surface area contributed by atoms with E-state index in [4.69, 9.17) is 14.9 Å². The summed E-state index contributed by atoms with van der Waals surface area (Å²) >= 11 is 1.50. The lowest BCUT2D eigenvalue weighted by molar-refractivity contribution is -0.131. The number of nitrogens with two attached hydrogens (primary N) is 1. The molecule has 0 aliphatic heterocycles. The van der Waals surface area contributed by atoms with Gasteiger partial charge in [0, 0.05) is 17.9 Å². The molecule has 0 aliphatic rings. The Morgan fingerprint density at radius 3 is 2.53 bits per heavy atom. The average molecular weight is 457 g/mol. The van der Waals surface area contributed by atoms with Crippen molar-refractivity contribution in [2.24, 2.45) is 11.7 Å². The largest absolute Gasteiger partial charge is 0.504 e. The third-order valence-corrected chi connectivity index (χ3v) is 6.12. The van der Waals surface area contributed by atoms with Crippen molar-refractivity contribution in [3.63, 3.8) is 0 Å². The highest BCUT2D eigenvalue weighted by Gasteiger charge is 2.40. The number of ether oxygens (including phenoxy) is 1. The zero-order valence-electron chi connectivity index (χ0n) is 18.8. The van der Waals surface area contributed by atoms with Crippen molar-refractivity contribution < 1.29 is 23.8 Å². The number of nitrogens with one attached hydrogen (secondary N) is 1. The number of methoxy groups -OCH3 is 1. The molecule has 0 saturated carbocycles. The zero-order chi connectivity index (χ0) is 23.6. The molecule has 1 heterocycles. The molecule has 0 bridgehead atoms. The molecule has 2 amide bonds. The molecule has 0 radical (unpaired) electrons. The number of carbonyl (C=O) groups is 2. The minimum Gasteiger partial charge on any atom is -0.504 e. The van der Waals surface area contributed by atoms with Crippen LogP contribution in [0.2, 0.25) is 0 Å². The maximum atomic E-state index is 12.7. The Hall–Kier alpha value is -3.13. The van der Waals surface area contributed by atoms with Gasteiger partial charge < -0.3 is 25.3 Å². The Labute approximate surface area is 191 Å². The first kappa shape index (κ1) is 23.5. The number of thioether (sulfide) groups is 1. The maximum Gasteiger partial charge on any atom is 0.247 e. The third-order valence-electron chi connectivity index (χ3n) is 5.31. The van der Waals surface area contributed by atoms with E-state index in [0.29, 0.717) is 29.1 Å². The van der Waals surface area contributed by atoms with Gasteiger partial charge in [-0.15, -0.1) is 11.8 Å². The minimum atomic E-state index is -1.33. The fraction of sp³-hybridized carbons (Fsp3) is 0.333. The molecule has 1 atom stereocenters. The van der Waals surface area contributed by atoms with Crippen LogP contribution in [-0.2, 0) is 15.1 Å². The number of hydrogen-bond donors (Lipinski definition) is 3. The third kappa shape index (κ3) is 4.27. The normalized spacial score (nSPS) is 13.2. The van der Waals surface area contributed by atoms with Gasteiger partial charge in [0.2, 0.25) is 11.8 Å². The van der Waals surface area contributed by atoms with E-state index in [1.54, 1.807) is 30.3 Å². The van der Waals surface area contributed by atoms with Crippen LogP contribution < -0.4 is 15.8 Å². The van der Waals surface area contributed by atoms with Crippen LogP contribution in [0.5, 0.6) is 11.5 Å². The second kappa shape index (κ2) is 9.16. The van der Waals surface area contributed by atoms with Gasteiger partial charge in [-0.1, -0.05) is 19.9 Å². The van der Waals surface area contributed by atoms with E-state index in [-0.39, 0.29) is 17.6 Å². The predicted octanol–water partition coefficient (Wildman–Crippen LogP) is 4.40. The smallest absolute Gasteiger partial charge is 0.247 e. The summed E-state index contributed by atoms with van der Waals surface area (Å²) in [6.07, 6.45) is 2.29. The van der Waals surface area contributed by atoms with Crippen LogP contribution in [0.4, 0.5) is 0 Å². The lowest BCUT2D eigenvalue weighted by Gasteiger charge is -2.33. The number of benzene rings is 2. The van der Waals surface area contributed by atoms with Gasteiger partial charge in [-0.2, -0.15) is 0 Å². The molecular formula is C24H28N2O5S. The fourth-order valence-corrected chi connectivity index (χ4v) is 4.73. The van der Waals surface area contributed by atoms with E-state index < -0.39 is 11.4 Å². The van der Waals surface area contributed by atoms with Crippen LogP contribution in [-0.4, -0.2) is 30.3 Å². The highest BCUT2D eigenvalue weighted by Crippen LogP contribution is 2.43. The van der Waals surface area contributed by atoms with Crippen molar-refractivity contribution in [1.82, 2.24) is 5.32 Å². The van der Waals surface area contributed by atoms with Crippen molar-refractivity contribution >= 4 is 34.5 Å². The summed E-state index contributed by atoms with van der Waals surface area (Å²) in [4.78, 5) is 25.5. The van der Waals surface area contributed by atoms with E-state index in [1.807, 2.05) is 26.2 Å². The summed E-state index contributed by atoms with van der Waals surface area (Å²) < 4.78 is 11.4. The number of rotatable bonds is 8. The monoisotopic (exact) mass is 456 g/mol. The molecule has 8 heteroatoms. The van der Waals surface area contributed by atoms with Crippen LogP contribution in [0.1, 0.15) is 32.8 Å². The maximum absolute atomic E-state index is 12.7. The number of phenolic OH excluding ortho intramolecular Hbond substituents is 1. The van der Waals surface area contributed by atoms with Crippen LogP contribution in [0, 0.1) is 5.92 Å². The number of primary amides is 1. The number of fused-ring (bicyclic) bond motifs is 1. The molecule has 3 aromatic rings. The van der Waals surface area contributed by atoms with Gasteiger partial charge in [0.25, 0.3) is 0 Å². The molecule has 1 aromatic heterocycles. The molecule has 0 aliphatic carbocycles. The van der Waals surface area contributed by atoms with Crippen LogP contribution in [0.25, 0.3) is 22.3 Å². The van der Waals surface area contributed by atoms with Gasteiger partial charge in [-0.05, 0) is 54.5 Å². The van der Waals surface area contributed by atoms with Crippen molar-refractivity contribution in [2.75, 3.05) is 13.4 Å². The summed E-state index contributed by atoms with van der Waals surface area (Å²) in [5.41, 5.74) is 6.48. The summed E-state index contributed by atoms with van der Waals surface area (Å²) in [5.74, 6) is 0.157. The summed E-state index contributed by atoms with van der Waals surface area (Å²) in [5, 5.41) is 13.5. The predicted molar refractivity (Wildman–Crippen MR) is 126 cm³/mol. The average Bonchev–Trinajstić information content (AvgIpc) is 3.10. The number of amides is 2. The lowest BCUT2D eigenvalue weighted by atomic mass is 9.81. The Morgan fingerprint density at radius 2 is 1.97 bits per heavy atom. The van der Waals surface area contributed by atoms with Crippen molar-refractivity contribution in [3.05, 3.63) is 42.0 Å². The molecule has 3 rings (SSSR count). The lowest BCUT2D eigenvalue weighted by Crippen LogP contribution is -2.55. The number of aromatic hydroxyl groups is 1. The second-order valence-electron chi connectivity index (χ2n) is 8.11. The van der Waals surface area contributed by atoms with E-state index in [1.165, 1.54) is 25.8 Å². The molecule has 0 saturated heterocycles. The SMILES string of the molecule is COc1cc(-c2oc3ccc(C(CC(C)C)(NC(C)=O)C(N)=O)cc3c2SC)ccc1O. The standard InChI is InChI=1S/C24H28N2O5S/c1-13(2)12-24(23(25)29,26-14(3)27)16-7-9-19-17(11-16)22(32-5)21(31-19)15-6-8-18(28)20(10-15)30-4/h6-11,13,28H,12H2,1-5H3,(H2,25,29)(H,26,27). The van der Waals surface area contributed by atoms with Crippen LogP contribution >= 0.6 is 11.8 Å². The molecule has 4 N–H and O–H groups in total. The molecule has 2 aromatic carbocycles. The van der Waals surface area contributed by atoms with Crippen molar-refractivity contribution in [1.29, 1.82) is 0 Å². The first-order valence-electron chi connectivity index (χ1n) is 10.2. The quantitative estimate of drug-likeness (QED) is 0.433. The summed E-state index contributed by atoms with van der Waals surface area (Å²) in [6, 6.07) is 10.4. The second-order valence-corrected chi connectivity index (χ2v) is 8.93. The van der Waals surface area contributed by atoms with Gasteiger partial charge in [0.05, 0.1) is 12.0 Å². The number of furan rings is 1. The number of carbonyl (C=O) groups excluding carboxylic acids is 2. The molecule has 32 heavy (non-hydrogen) atoms. The minimum absolute atomic E-state index is 0.0376. The molecule has 0 spiro atoms. The molecular weight excluding hydrogens is 428 g/mol. The van der Waals surface area contributed by atoms with Crippen molar-refractivity contribution in [3.8, 4) is 22.8 Å². The van der Waals surface area contributed by atoms with Crippen LogP contribution in [0.3, 0.4) is 0 Å². The number of phenols is 1. The Balaban J connectivity index is 2.23. The Bertz CT molecular complexity index is 1170. The van der Waals surface area contributed by atoms with Gasteiger partial charge in [0.15, 0.2) is 11.5 Å². The van der Waals surface area contributed by atoms with Gasteiger partial charge in [-0.3, -0.25) is 9.59 Å². The Kier molecular flexibility index (Phi) is 6.74. The van der Waals surface area contributed by atoms with E-state index in [2.05, 4.69) is 5.32 Å². The van der Waals surface area contributed by atoms with Gasteiger partial charge in [-0.25, -0.2) is 0 Å². The van der Waals surface area contributed by atoms with E-state index in [9.17, 15) is 14.7 Å². The molecule has 170 valence electrons. The van der Waals surface area contributed by atoms with Gasteiger partial charge in [0.1, 0.15) is 16.9 Å². The first-order valence-corrected chi connectivity index (χ1v) is 11.4. The van der Waals surface area contributed by atoms with Gasteiger partial charge >= 0.3 is 0 Å².